The van der Waals surface area contributed by atoms with E-state index in [9.17, 15) is 19.7 Å². The zero-order valence-electron chi connectivity index (χ0n) is 20.7. The fraction of sp³-hybridized carbons (Fsp3) is 0.481. The molecular formula is C27H34INO5. The number of halogens is 1. The molecule has 0 aromatic heterocycles. The number of hydrogen-bond acceptors (Lipinski definition) is 5. The monoisotopic (exact) mass is 579 g/mol. The molecule has 184 valence electrons. The summed E-state index contributed by atoms with van der Waals surface area (Å²) in [7, 11) is 0. The molecule has 6 nitrogen and oxygen atoms in total. The van der Waals surface area contributed by atoms with Gasteiger partial charge in [-0.3, -0.25) is 14.9 Å². The van der Waals surface area contributed by atoms with E-state index in [1.54, 1.807) is 0 Å². The third-order valence-corrected chi connectivity index (χ3v) is 8.21. The maximum absolute atomic E-state index is 12.8. The second-order valence-corrected chi connectivity index (χ2v) is 10.1. The number of nitrogens with zero attached hydrogens (tertiary/aromatic N) is 1. The van der Waals surface area contributed by atoms with Crippen LogP contribution in [0.2, 0.25) is 0 Å². The first kappa shape index (κ1) is 28.0. The first-order chi connectivity index (χ1) is 16.0. The summed E-state index contributed by atoms with van der Waals surface area (Å²) >= 11 is 2.27. The number of ether oxygens (including phenoxy) is 1. The average molecular weight is 579 g/mol. The van der Waals surface area contributed by atoms with Crippen LogP contribution in [0.3, 0.4) is 0 Å². The van der Waals surface area contributed by atoms with Crippen molar-refractivity contribution in [2.24, 2.45) is 11.3 Å². The van der Waals surface area contributed by atoms with E-state index in [0.29, 0.717) is 12.0 Å². The number of esters is 1. The quantitative estimate of drug-likeness (QED) is 0.0941. The molecular weight excluding hydrogens is 545 g/mol. The zero-order valence-corrected chi connectivity index (χ0v) is 22.8. The van der Waals surface area contributed by atoms with Gasteiger partial charge in [-0.25, -0.2) is 4.79 Å². The van der Waals surface area contributed by atoms with Gasteiger partial charge in [-0.1, -0.05) is 59.2 Å². The van der Waals surface area contributed by atoms with Gasteiger partial charge >= 0.3 is 5.97 Å². The van der Waals surface area contributed by atoms with Crippen LogP contribution in [-0.4, -0.2) is 23.3 Å². The molecule has 1 aliphatic carbocycles. The highest BCUT2D eigenvalue weighted by molar-refractivity contribution is 14.1. The molecule has 0 saturated heterocycles. The van der Waals surface area contributed by atoms with E-state index >= 15 is 0 Å². The molecule has 1 aliphatic rings. The van der Waals surface area contributed by atoms with E-state index in [1.807, 2.05) is 6.92 Å². The van der Waals surface area contributed by atoms with Crippen molar-refractivity contribution in [3.05, 3.63) is 72.4 Å². The summed E-state index contributed by atoms with van der Waals surface area (Å²) in [5.74, 6) is -0.378. The third-order valence-electron chi connectivity index (χ3n) is 7.14. The van der Waals surface area contributed by atoms with Gasteiger partial charge in [0.15, 0.2) is 5.78 Å². The van der Waals surface area contributed by atoms with Gasteiger partial charge in [-0.05, 0) is 74.0 Å². The lowest BCUT2D eigenvalue weighted by molar-refractivity contribution is -0.384. The summed E-state index contributed by atoms with van der Waals surface area (Å²) < 4.78 is 7.56. The van der Waals surface area contributed by atoms with Crippen molar-refractivity contribution < 1.29 is 19.2 Å². The Kier molecular flexibility index (Phi) is 10.2. The number of ketones is 1. The van der Waals surface area contributed by atoms with E-state index < -0.39 is 10.9 Å². The molecule has 0 unspecified atom stereocenters. The number of nitro benzene ring substituents is 1. The van der Waals surface area contributed by atoms with Crippen LogP contribution in [0.1, 0.15) is 77.1 Å². The summed E-state index contributed by atoms with van der Waals surface area (Å²) in [5.41, 5.74) is 4.26. The lowest BCUT2D eigenvalue weighted by Gasteiger charge is -2.42. The Balaban J connectivity index is 2.10. The van der Waals surface area contributed by atoms with Crippen LogP contribution in [-0.2, 0) is 9.53 Å². The predicted molar refractivity (Wildman–Crippen MR) is 143 cm³/mol. The number of rotatable bonds is 10. The molecule has 34 heavy (non-hydrogen) atoms. The second kappa shape index (κ2) is 12.4. The molecule has 0 radical (unpaired) electrons. The van der Waals surface area contributed by atoms with Gasteiger partial charge in [0.1, 0.15) is 6.61 Å². The highest BCUT2D eigenvalue weighted by atomic mass is 127. The zero-order chi connectivity index (χ0) is 25.5. The number of Topliss-reactive ketones (excluding diaryl/α,β-unsaturated/α-hetero) is 1. The minimum absolute atomic E-state index is 0.0206. The summed E-state index contributed by atoms with van der Waals surface area (Å²) in [6, 6.07) is 5.26. The van der Waals surface area contributed by atoms with E-state index in [2.05, 4.69) is 60.4 Å². The number of allylic oxidation sites excluding steroid dienone is 4. The number of carbonyl (C=O) groups excluding carboxylic acids is 2. The average Bonchev–Trinajstić information content (AvgIpc) is 2.81. The van der Waals surface area contributed by atoms with Crippen molar-refractivity contribution in [3.63, 3.8) is 0 Å². The summed E-state index contributed by atoms with van der Waals surface area (Å²) in [6.07, 6.45) is 6.70. The minimum Gasteiger partial charge on any atom is -0.457 e. The molecule has 1 aromatic carbocycles. The molecule has 0 bridgehead atoms. The molecule has 2 atom stereocenters. The number of benzene rings is 1. The van der Waals surface area contributed by atoms with E-state index in [4.69, 9.17) is 4.74 Å². The fourth-order valence-electron chi connectivity index (χ4n) is 4.27. The molecule has 7 heteroatoms. The summed E-state index contributed by atoms with van der Waals surface area (Å²) in [6.45, 7) is 10.5. The standard InChI is InChI=1S/C27H34INO5/c1-18(7-6-8-19(2)16-28)13-14-27(5)20(3)15-25(30)24(21(27)4)17-34-26(31)22-9-11-23(12-10-22)29(32)33/h7,9-12,16,20H,6,8,13-15,17H2,1-5H3/b18-7+,19-16+/t20-,27-/m1/s1. The van der Waals surface area contributed by atoms with Crippen LogP contribution in [0.15, 0.2) is 56.7 Å². The van der Waals surface area contributed by atoms with Crippen molar-refractivity contribution in [1.29, 1.82) is 0 Å². The van der Waals surface area contributed by atoms with Gasteiger partial charge in [-0.2, -0.15) is 0 Å². The van der Waals surface area contributed by atoms with Gasteiger partial charge in [0.05, 0.1) is 10.5 Å². The maximum Gasteiger partial charge on any atom is 0.338 e. The van der Waals surface area contributed by atoms with E-state index in [-0.39, 0.29) is 35.0 Å². The summed E-state index contributed by atoms with van der Waals surface area (Å²) in [4.78, 5) is 35.5. The summed E-state index contributed by atoms with van der Waals surface area (Å²) in [5, 5.41) is 10.8. The molecule has 0 heterocycles. The van der Waals surface area contributed by atoms with Crippen molar-refractivity contribution >= 4 is 40.0 Å². The normalized spacial score (nSPS) is 21.6. The largest absolute Gasteiger partial charge is 0.457 e. The molecule has 0 spiro atoms. The molecule has 0 aliphatic heterocycles. The Morgan fingerprint density at radius 2 is 1.88 bits per heavy atom. The van der Waals surface area contributed by atoms with Crippen LogP contribution in [0, 0.1) is 21.4 Å². The SMILES string of the molecule is CC1=C(COC(=O)c2ccc([N+](=O)[O-])cc2)C(=O)C[C@@H](C)[C@@]1(C)CC/C(C)=C/CC/C(C)=C/I. The highest BCUT2D eigenvalue weighted by Crippen LogP contribution is 2.47. The van der Waals surface area contributed by atoms with Crippen molar-refractivity contribution in [2.45, 2.75) is 66.7 Å². The Hall–Kier alpha value is -2.29. The van der Waals surface area contributed by atoms with Crippen LogP contribution in [0.4, 0.5) is 5.69 Å². The molecule has 0 amide bonds. The Morgan fingerprint density at radius 1 is 1.24 bits per heavy atom. The first-order valence-corrected chi connectivity index (χ1v) is 12.8. The topological polar surface area (TPSA) is 86.5 Å². The van der Waals surface area contributed by atoms with E-state index in [1.165, 1.54) is 35.4 Å². The van der Waals surface area contributed by atoms with Gasteiger partial charge < -0.3 is 4.74 Å². The third kappa shape index (κ3) is 7.10. The van der Waals surface area contributed by atoms with Crippen molar-refractivity contribution in [3.8, 4) is 0 Å². The van der Waals surface area contributed by atoms with E-state index in [0.717, 1.165) is 31.3 Å². The second-order valence-electron chi connectivity index (χ2n) is 9.47. The fourth-order valence-corrected chi connectivity index (χ4v) is 4.58. The molecule has 0 N–H and O–H groups in total. The van der Waals surface area contributed by atoms with Crippen LogP contribution < -0.4 is 0 Å². The molecule has 2 rings (SSSR count). The van der Waals surface area contributed by atoms with Gasteiger partial charge in [0.25, 0.3) is 5.69 Å². The van der Waals surface area contributed by atoms with Crippen LogP contribution in [0.5, 0.6) is 0 Å². The highest BCUT2D eigenvalue weighted by Gasteiger charge is 2.40. The number of nitro groups is 1. The van der Waals surface area contributed by atoms with Crippen LogP contribution in [0.25, 0.3) is 0 Å². The van der Waals surface area contributed by atoms with Crippen molar-refractivity contribution in [2.75, 3.05) is 6.61 Å². The van der Waals surface area contributed by atoms with Crippen molar-refractivity contribution in [1.82, 2.24) is 0 Å². The predicted octanol–water partition coefficient (Wildman–Crippen LogP) is 7.53. The molecule has 0 saturated carbocycles. The smallest absolute Gasteiger partial charge is 0.338 e. The van der Waals surface area contributed by atoms with Gasteiger partial charge in [-0.15, -0.1) is 0 Å². The number of carbonyl (C=O) groups is 2. The lowest BCUT2D eigenvalue weighted by Crippen LogP contribution is -2.36. The van der Waals surface area contributed by atoms with Crippen LogP contribution >= 0.6 is 22.6 Å². The lowest BCUT2D eigenvalue weighted by atomic mass is 9.62. The Bertz CT molecular complexity index is 1020. The van der Waals surface area contributed by atoms with Gasteiger partial charge in [0.2, 0.25) is 0 Å². The minimum atomic E-state index is -0.599. The maximum atomic E-state index is 12.8. The molecule has 1 aromatic rings. The Morgan fingerprint density at radius 3 is 2.47 bits per heavy atom. The first-order valence-electron chi connectivity index (χ1n) is 11.6. The Labute approximate surface area is 215 Å². The number of hydrogen-bond donors (Lipinski definition) is 0. The molecule has 0 fully saturated rings. The number of non-ortho nitro benzene ring substituents is 1. The van der Waals surface area contributed by atoms with Gasteiger partial charge in [0, 0.05) is 24.1 Å².